The third kappa shape index (κ3) is 6.29. The second-order valence-electron chi connectivity index (χ2n) is 5.34. The molecule has 1 fully saturated rings. The highest BCUT2D eigenvalue weighted by Gasteiger charge is 2.08. The Hall–Kier alpha value is -1.18. The van der Waals surface area contributed by atoms with Crippen LogP contribution in [0, 0.1) is 0 Å². The highest BCUT2D eigenvalue weighted by atomic mass is 32.1. The zero-order valence-electron chi connectivity index (χ0n) is 13.4. The maximum absolute atomic E-state index is 5.88. The molecule has 0 radical (unpaired) electrons. The third-order valence-electron chi connectivity index (χ3n) is 3.61. The second kappa shape index (κ2) is 9.76. The zero-order chi connectivity index (χ0) is 15.6. The summed E-state index contributed by atoms with van der Waals surface area (Å²) in [6, 6.07) is 0. The van der Waals surface area contributed by atoms with Gasteiger partial charge in [-0.3, -0.25) is 9.89 Å². The number of aliphatic imine (C=N–C) groups is 1. The van der Waals surface area contributed by atoms with E-state index in [-0.39, 0.29) is 0 Å². The molecule has 1 saturated heterocycles. The molecule has 7 heteroatoms. The van der Waals surface area contributed by atoms with Gasteiger partial charge in [0.05, 0.1) is 23.9 Å². The molecule has 0 amide bonds. The van der Waals surface area contributed by atoms with Crippen LogP contribution < -0.4 is 11.1 Å². The molecule has 22 heavy (non-hydrogen) atoms. The van der Waals surface area contributed by atoms with Gasteiger partial charge in [-0.15, -0.1) is 11.3 Å². The van der Waals surface area contributed by atoms with Gasteiger partial charge >= 0.3 is 0 Å². The van der Waals surface area contributed by atoms with Gasteiger partial charge in [0, 0.05) is 44.5 Å². The Balaban J connectivity index is 1.55. The topological polar surface area (TPSA) is 75.8 Å². The minimum absolute atomic E-state index is 0.535. The molecular weight excluding hydrogens is 298 g/mol. The number of morpholine rings is 1. The molecule has 0 aromatic carbocycles. The molecule has 2 rings (SSSR count). The summed E-state index contributed by atoms with van der Waals surface area (Å²) in [5.74, 6) is 0.535. The zero-order valence-corrected chi connectivity index (χ0v) is 14.2. The molecule has 0 aliphatic carbocycles. The molecule has 1 aliphatic heterocycles. The predicted molar refractivity (Wildman–Crippen MR) is 91.6 cm³/mol. The molecule has 0 bridgehead atoms. The Bertz CT molecular complexity index is 457. The van der Waals surface area contributed by atoms with E-state index in [9.17, 15) is 0 Å². The number of nitrogens with one attached hydrogen (secondary N) is 1. The highest BCUT2D eigenvalue weighted by Crippen LogP contribution is 2.10. The lowest BCUT2D eigenvalue weighted by molar-refractivity contribution is 0.0377. The smallest absolute Gasteiger partial charge is 0.188 e. The average molecular weight is 325 g/mol. The number of nitrogens with two attached hydrogens (primary N) is 1. The quantitative estimate of drug-likeness (QED) is 0.421. The summed E-state index contributed by atoms with van der Waals surface area (Å²) < 4.78 is 5.33. The summed E-state index contributed by atoms with van der Waals surface area (Å²) in [6.07, 6.45) is 2.93. The molecule has 3 N–H and O–H groups in total. The first-order chi connectivity index (χ1) is 10.8. The van der Waals surface area contributed by atoms with Crippen LogP contribution in [-0.4, -0.2) is 61.8 Å². The summed E-state index contributed by atoms with van der Waals surface area (Å²) in [5.41, 5.74) is 7.01. The van der Waals surface area contributed by atoms with Crippen LogP contribution in [0.3, 0.4) is 0 Å². The van der Waals surface area contributed by atoms with Crippen molar-refractivity contribution in [2.45, 2.75) is 26.2 Å². The molecule has 0 spiro atoms. The van der Waals surface area contributed by atoms with E-state index in [1.54, 1.807) is 11.3 Å². The van der Waals surface area contributed by atoms with Crippen LogP contribution in [0.25, 0.3) is 0 Å². The van der Waals surface area contributed by atoms with Gasteiger partial charge in [-0.2, -0.15) is 0 Å². The molecular formula is C15H27N5OS. The Kier molecular flexibility index (Phi) is 7.62. The number of thiazole rings is 1. The lowest BCUT2D eigenvalue weighted by Gasteiger charge is -2.26. The minimum atomic E-state index is 0.535. The van der Waals surface area contributed by atoms with Crippen molar-refractivity contribution in [2.24, 2.45) is 10.7 Å². The number of hydrogen-bond acceptors (Lipinski definition) is 5. The van der Waals surface area contributed by atoms with Crippen LogP contribution >= 0.6 is 11.3 Å². The molecule has 1 aromatic rings. The maximum atomic E-state index is 5.88. The van der Waals surface area contributed by atoms with Crippen LogP contribution in [0.1, 0.15) is 24.0 Å². The molecule has 1 aliphatic rings. The van der Waals surface area contributed by atoms with E-state index in [2.05, 4.69) is 32.5 Å². The van der Waals surface area contributed by atoms with Gasteiger partial charge in [0.25, 0.3) is 0 Å². The molecule has 6 nitrogen and oxygen atoms in total. The van der Waals surface area contributed by atoms with E-state index in [0.717, 1.165) is 70.9 Å². The summed E-state index contributed by atoms with van der Waals surface area (Å²) >= 11 is 1.72. The second-order valence-corrected chi connectivity index (χ2v) is 6.28. The van der Waals surface area contributed by atoms with Crippen LogP contribution in [0.4, 0.5) is 0 Å². The highest BCUT2D eigenvalue weighted by molar-refractivity contribution is 7.09. The third-order valence-corrected chi connectivity index (χ3v) is 4.65. The van der Waals surface area contributed by atoms with Gasteiger partial charge in [-0.1, -0.05) is 6.92 Å². The van der Waals surface area contributed by atoms with Gasteiger partial charge in [0.2, 0.25) is 0 Å². The van der Waals surface area contributed by atoms with Gasteiger partial charge in [0.15, 0.2) is 5.96 Å². The van der Waals surface area contributed by atoms with Crippen molar-refractivity contribution in [1.82, 2.24) is 15.2 Å². The first-order valence-electron chi connectivity index (χ1n) is 8.05. The number of aryl methyl sites for hydroxylation is 1. The Labute approximate surface area is 136 Å². The van der Waals surface area contributed by atoms with E-state index >= 15 is 0 Å². The largest absolute Gasteiger partial charge is 0.379 e. The number of hydrogen-bond donors (Lipinski definition) is 2. The van der Waals surface area contributed by atoms with E-state index in [0.29, 0.717) is 5.96 Å². The molecule has 2 heterocycles. The molecule has 1 aromatic heterocycles. The number of aromatic nitrogens is 1. The Morgan fingerprint density at radius 1 is 1.50 bits per heavy atom. The monoisotopic (exact) mass is 325 g/mol. The standard InChI is InChI=1S/C15H27N5OS/c1-2-14-19-13(12-22-14)4-6-18-15(16)17-5-3-7-20-8-10-21-11-9-20/h12H,2-11H2,1H3,(H3,16,17,18). The number of guanidine groups is 1. The minimum Gasteiger partial charge on any atom is -0.379 e. The van der Waals surface area contributed by atoms with Crippen molar-refractivity contribution < 1.29 is 4.74 Å². The first kappa shape index (κ1) is 17.2. The summed E-state index contributed by atoms with van der Waals surface area (Å²) in [5, 5.41) is 6.47. The van der Waals surface area contributed by atoms with Crippen molar-refractivity contribution in [2.75, 3.05) is 45.9 Å². The van der Waals surface area contributed by atoms with Crippen molar-refractivity contribution in [1.29, 1.82) is 0 Å². The number of nitrogens with zero attached hydrogens (tertiary/aromatic N) is 3. The van der Waals surface area contributed by atoms with E-state index in [4.69, 9.17) is 10.5 Å². The molecule has 124 valence electrons. The molecule has 0 atom stereocenters. The number of rotatable bonds is 8. The fraction of sp³-hybridized carbons (Fsp3) is 0.733. The van der Waals surface area contributed by atoms with Crippen LogP contribution in [0.15, 0.2) is 10.4 Å². The van der Waals surface area contributed by atoms with Crippen LogP contribution in [-0.2, 0) is 17.6 Å². The Morgan fingerprint density at radius 3 is 3.05 bits per heavy atom. The maximum Gasteiger partial charge on any atom is 0.188 e. The lowest BCUT2D eigenvalue weighted by atomic mass is 10.3. The predicted octanol–water partition coefficient (Wildman–Crippen LogP) is 0.875. The van der Waals surface area contributed by atoms with Crippen molar-refractivity contribution in [3.05, 3.63) is 16.1 Å². The van der Waals surface area contributed by atoms with Crippen molar-refractivity contribution in [3.8, 4) is 0 Å². The number of ether oxygens (including phenoxy) is 1. The SMILES string of the molecule is CCc1nc(CCNC(N)=NCCCN2CCOCC2)cs1. The fourth-order valence-corrected chi connectivity index (χ4v) is 3.10. The molecule has 0 unspecified atom stereocenters. The van der Waals surface area contributed by atoms with Gasteiger partial charge < -0.3 is 15.8 Å². The van der Waals surface area contributed by atoms with Gasteiger partial charge in [-0.05, 0) is 12.8 Å². The van der Waals surface area contributed by atoms with Crippen LogP contribution in [0.2, 0.25) is 0 Å². The molecule has 0 saturated carbocycles. The van der Waals surface area contributed by atoms with E-state index < -0.39 is 0 Å². The fourth-order valence-electron chi connectivity index (χ4n) is 2.32. The summed E-state index contributed by atoms with van der Waals surface area (Å²) in [6.45, 7) is 8.52. The van der Waals surface area contributed by atoms with Crippen molar-refractivity contribution in [3.63, 3.8) is 0 Å². The first-order valence-corrected chi connectivity index (χ1v) is 8.93. The average Bonchev–Trinajstić information content (AvgIpc) is 3.01. The summed E-state index contributed by atoms with van der Waals surface area (Å²) in [4.78, 5) is 11.3. The van der Waals surface area contributed by atoms with Crippen molar-refractivity contribution >= 4 is 17.3 Å². The van der Waals surface area contributed by atoms with Gasteiger partial charge in [-0.25, -0.2) is 4.98 Å². The Morgan fingerprint density at radius 2 is 2.32 bits per heavy atom. The van der Waals surface area contributed by atoms with Crippen LogP contribution in [0.5, 0.6) is 0 Å². The normalized spacial score (nSPS) is 16.9. The van der Waals surface area contributed by atoms with E-state index in [1.807, 2.05) is 0 Å². The van der Waals surface area contributed by atoms with E-state index in [1.165, 1.54) is 5.01 Å². The summed E-state index contributed by atoms with van der Waals surface area (Å²) in [7, 11) is 0. The van der Waals surface area contributed by atoms with Gasteiger partial charge in [0.1, 0.15) is 0 Å². The lowest BCUT2D eigenvalue weighted by Crippen LogP contribution is -2.37.